The average Bonchev–Trinajstić information content (AvgIpc) is 2.95. The molecule has 0 amide bonds. The highest BCUT2D eigenvalue weighted by Gasteiger charge is 2.55. The average molecular weight is 419 g/mol. The zero-order valence-corrected chi connectivity index (χ0v) is 17.6. The number of rotatable bonds is 6. The highest BCUT2D eigenvalue weighted by Crippen LogP contribution is 2.41. The quantitative estimate of drug-likeness (QED) is 0.529. The van der Waals surface area contributed by atoms with Gasteiger partial charge in [-0.25, -0.2) is 13.6 Å². The predicted molar refractivity (Wildman–Crippen MR) is 107 cm³/mol. The Balaban J connectivity index is 1.96. The summed E-state index contributed by atoms with van der Waals surface area (Å²) in [5.74, 6) is -0.111. The first-order valence-electron chi connectivity index (χ1n) is 9.45. The van der Waals surface area contributed by atoms with E-state index in [0.29, 0.717) is 22.3 Å². The van der Waals surface area contributed by atoms with Gasteiger partial charge in [-0.05, 0) is 38.4 Å². The Morgan fingerprint density at radius 1 is 1.20 bits per heavy atom. The minimum Gasteiger partial charge on any atom is -0.495 e. The molecule has 1 unspecified atom stereocenters. The molecule has 0 radical (unpaired) electrons. The van der Waals surface area contributed by atoms with E-state index in [0.717, 1.165) is 0 Å². The molecule has 6 nitrogen and oxygen atoms in total. The van der Waals surface area contributed by atoms with Gasteiger partial charge in [-0.3, -0.25) is 4.98 Å². The summed E-state index contributed by atoms with van der Waals surface area (Å²) in [7, 11) is 1.93. The Bertz CT molecular complexity index is 939. The van der Waals surface area contributed by atoms with E-state index >= 15 is 0 Å². The molecule has 1 aliphatic rings. The smallest absolute Gasteiger partial charge is 0.495 e. The number of esters is 1. The number of alkyl halides is 2. The molecule has 0 N–H and O–H groups in total. The molecule has 2 aromatic rings. The van der Waals surface area contributed by atoms with Crippen molar-refractivity contribution in [2.45, 2.75) is 44.8 Å². The lowest BCUT2D eigenvalue weighted by molar-refractivity contribution is -0.00917. The van der Waals surface area contributed by atoms with Crippen molar-refractivity contribution >= 4 is 18.6 Å². The van der Waals surface area contributed by atoms with Crippen LogP contribution in [0.3, 0.4) is 0 Å². The van der Waals surface area contributed by atoms with E-state index in [-0.39, 0.29) is 12.1 Å². The topological polar surface area (TPSA) is 66.9 Å². The lowest BCUT2D eigenvalue weighted by Crippen LogP contribution is -2.46. The van der Waals surface area contributed by atoms with Crippen LogP contribution in [0.4, 0.5) is 8.78 Å². The molecule has 0 spiro atoms. The number of ether oxygens (including phenoxy) is 2. The lowest BCUT2D eigenvalue weighted by Gasteiger charge is -2.36. The van der Waals surface area contributed by atoms with Crippen molar-refractivity contribution in [3.8, 4) is 5.75 Å². The van der Waals surface area contributed by atoms with Crippen LogP contribution in [-0.2, 0) is 20.5 Å². The van der Waals surface area contributed by atoms with Crippen LogP contribution in [0.2, 0.25) is 0 Å². The summed E-state index contributed by atoms with van der Waals surface area (Å²) in [6.45, 7) is 5.56. The predicted octanol–water partition coefficient (Wildman–Crippen LogP) is 3.34. The van der Waals surface area contributed by atoms with E-state index in [1.54, 1.807) is 24.3 Å². The zero-order valence-electron chi connectivity index (χ0n) is 17.6. The van der Waals surface area contributed by atoms with E-state index in [1.807, 2.05) is 20.8 Å². The second-order valence-corrected chi connectivity index (χ2v) is 7.79. The number of hydrogen-bond acceptors (Lipinski definition) is 6. The summed E-state index contributed by atoms with van der Waals surface area (Å²) in [4.78, 5) is 15.9. The summed E-state index contributed by atoms with van der Waals surface area (Å²) in [6.07, 6.45) is -1.18. The molecular weight excluding hydrogens is 395 g/mol. The van der Waals surface area contributed by atoms with Gasteiger partial charge < -0.3 is 18.8 Å². The first-order valence-corrected chi connectivity index (χ1v) is 9.45. The number of benzene rings is 1. The molecule has 9 heteroatoms. The molecular formula is C21H24BF2NO5. The maximum Gasteiger partial charge on any atom is 0.495 e. The van der Waals surface area contributed by atoms with Crippen molar-refractivity contribution in [1.82, 2.24) is 4.98 Å². The molecule has 1 saturated heterocycles. The van der Waals surface area contributed by atoms with Gasteiger partial charge in [-0.15, -0.1) is 0 Å². The maximum atomic E-state index is 13.2. The number of methoxy groups -OCH3 is 2. The Labute approximate surface area is 174 Å². The van der Waals surface area contributed by atoms with Gasteiger partial charge in [0.15, 0.2) is 0 Å². The fraction of sp³-hybridized carbons (Fsp3) is 0.429. The summed E-state index contributed by atoms with van der Waals surface area (Å²) >= 11 is 0. The highest BCUT2D eigenvalue weighted by atomic mass is 19.3. The molecule has 160 valence electrons. The number of hydrogen-bond donors (Lipinski definition) is 0. The van der Waals surface area contributed by atoms with Crippen molar-refractivity contribution in [2.75, 3.05) is 14.2 Å². The Hall–Kier alpha value is -2.52. The van der Waals surface area contributed by atoms with E-state index < -0.39 is 30.7 Å². The van der Waals surface area contributed by atoms with Gasteiger partial charge in [0.25, 0.3) is 6.43 Å². The first-order chi connectivity index (χ1) is 14.1. The maximum absolute atomic E-state index is 13.2. The summed E-state index contributed by atoms with van der Waals surface area (Å²) < 4.78 is 49.0. The fourth-order valence-corrected chi connectivity index (χ4v) is 3.48. The Morgan fingerprint density at radius 2 is 1.90 bits per heavy atom. The summed E-state index contributed by atoms with van der Waals surface area (Å²) in [6, 6.07) is 8.20. The number of carbonyl (C=O) groups is 1. The van der Waals surface area contributed by atoms with Crippen LogP contribution in [0, 0.1) is 0 Å². The number of pyridine rings is 1. The van der Waals surface area contributed by atoms with Gasteiger partial charge in [0.2, 0.25) is 0 Å². The normalized spacial score (nSPS) is 20.5. The first kappa shape index (κ1) is 22.2. The number of nitrogens with zero attached hydrogens (tertiary/aromatic N) is 1. The van der Waals surface area contributed by atoms with Crippen molar-refractivity contribution in [3.05, 3.63) is 53.3 Å². The van der Waals surface area contributed by atoms with Gasteiger partial charge in [-0.1, -0.05) is 18.2 Å². The van der Waals surface area contributed by atoms with Gasteiger partial charge in [-0.2, -0.15) is 0 Å². The van der Waals surface area contributed by atoms with Gasteiger partial charge in [0.05, 0.1) is 37.2 Å². The van der Waals surface area contributed by atoms with E-state index in [2.05, 4.69) is 4.98 Å². The minimum atomic E-state index is -2.70. The summed E-state index contributed by atoms with van der Waals surface area (Å²) in [5.41, 5.74) is -0.639. The van der Waals surface area contributed by atoms with Crippen LogP contribution in [-0.4, -0.2) is 43.5 Å². The molecule has 0 saturated carbocycles. The molecule has 1 atom stereocenters. The molecule has 0 bridgehead atoms. The van der Waals surface area contributed by atoms with Crippen LogP contribution >= 0.6 is 0 Å². The Kier molecular flexibility index (Phi) is 6.15. The third-order valence-electron chi connectivity index (χ3n) is 5.60. The third kappa shape index (κ3) is 4.04. The molecule has 2 heterocycles. The van der Waals surface area contributed by atoms with Crippen LogP contribution < -0.4 is 10.2 Å². The van der Waals surface area contributed by atoms with Crippen LogP contribution in [0.15, 0.2) is 36.5 Å². The van der Waals surface area contributed by atoms with Crippen molar-refractivity contribution in [1.29, 1.82) is 0 Å². The van der Waals surface area contributed by atoms with Crippen molar-refractivity contribution in [2.24, 2.45) is 0 Å². The van der Waals surface area contributed by atoms with Crippen LogP contribution in [0.1, 0.15) is 48.8 Å². The third-order valence-corrected chi connectivity index (χ3v) is 5.60. The van der Waals surface area contributed by atoms with Gasteiger partial charge in [0, 0.05) is 12.0 Å². The van der Waals surface area contributed by atoms with E-state index in [9.17, 15) is 13.6 Å². The zero-order chi connectivity index (χ0) is 22.1. The molecule has 1 fully saturated rings. The largest absolute Gasteiger partial charge is 0.495 e. The highest BCUT2D eigenvalue weighted by molar-refractivity contribution is 6.63. The van der Waals surface area contributed by atoms with Crippen molar-refractivity contribution < 1.29 is 32.4 Å². The lowest BCUT2D eigenvalue weighted by atomic mass is 9.76. The molecule has 1 aromatic heterocycles. The molecule has 3 rings (SSSR count). The van der Waals surface area contributed by atoms with Crippen LogP contribution in [0.25, 0.3) is 0 Å². The van der Waals surface area contributed by atoms with Gasteiger partial charge in [0.1, 0.15) is 11.4 Å². The molecule has 1 aromatic carbocycles. The van der Waals surface area contributed by atoms with Gasteiger partial charge >= 0.3 is 13.1 Å². The second-order valence-electron chi connectivity index (χ2n) is 7.79. The molecule has 30 heavy (non-hydrogen) atoms. The van der Waals surface area contributed by atoms with Crippen LogP contribution in [0.5, 0.6) is 5.75 Å². The summed E-state index contributed by atoms with van der Waals surface area (Å²) in [5, 5.41) is 0. The van der Waals surface area contributed by atoms with E-state index in [1.165, 1.54) is 26.5 Å². The number of carbonyl (C=O) groups excluding carboxylic acids is 1. The Morgan fingerprint density at radius 3 is 2.53 bits per heavy atom. The van der Waals surface area contributed by atoms with Crippen molar-refractivity contribution in [3.63, 3.8) is 0 Å². The number of aromatic nitrogens is 1. The minimum absolute atomic E-state index is 0.238. The molecule has 1 aliphatic heterocycles. The number of halogens is 2. The fourth-order valence-electron chi connectivity index (χ4n) is 3.48. The monoisotopic (exact) mass is 419 g/mol. The second kappa shape index (κ2) is 8.31. The SMILES string of the molecule is COC(=O)c1ccccc1B1OC(C)(C)C(C)(Cc2cc(C(F)F)ncc2OC)O1. The standard InChI is InChI=1S/C21H24BF2NO5/c1-20(2)21(3,11-13-10-16(18(23)24)25-12-17(13)27-4)30-22(29-20)15-9-7-6-8-14(15)19(26)28-5/h6-10,12,18H,11H2,1-5H3. The van der Waals surface area contributed by atoms with E-state index in [4.69, 9.17) is 18.8 Å². The molecule has 0 aliphatic carbocycles.